The van der Waals surface area contributed by atoms with Gasteiger partial charge in [0.1, 0.15) is 5.76 Å². The fraction of sp³-hybridized carbons (Fsp3) is 0.333. The van der Waals surface area contributed by atoms with Crippen LogP contribution in [0, 0.1) is 0 Å². The van der Waals surface area contributed by atoms with Crippen LogP contribution < -0.4 is 9.47 Å². The Morgan fingerprint density at radius 2 is 1.84 bits per heavy atom. The number of ether oxygens (including phenoxy) is 3. The highest BCUT2D eigenvalue weighted by atomic mass is 35.5. The van der Waals surface area contributed by atoms with Crippen LogP contribution >= 0.6 is 11.6 Å². The summed E-state index contributed by atoms with van der Waals surface area (Å²) >= 11 is 6.05. The second-order valence-electron chi connectivity index (χ2n) is 7.71. The lowest BCUT2D eigenvalue weighted by Gasteiger charge is -2.27. The number of aliphatic hydroxyl groups is 1. The van der Waals surface area contributed by atoms with Crippen LogP contribution in [0.15, 0.2) is 48.0 Å². The zero-order valence-electron chi connectivity index (χ0n) is 17.8. The highest BCUT2D eigenvalue weighted by molar-refractivity contribution is 6.46. The van der Waals surface area contributed by atoms with Gasteiger partial charge in [0, 0.05) is 23.7 Å². The summed E-state index contributed by atoms with van der Waals surface area (Å²) in [5, 5.41) is 11.7. The Kier molecular flexibility index (Phi) is 6.39. The lowest BCUT2D eigenvalue weighted by Crippen LogP contribution is -2.36. The number of hydrogen-bond acceptors (Lipinski definition) is 6. The number of rotatable bonds is 6. The van der Waals surface area contributed by atoms with Crippen molar-refractivity contribution in [3.8, 4) is 11.5 Å². The molecule has 2 unspecified atom stereocenters. The van der Waals surface area contributed by atoms with Crippen molar-refractivity contribution in [2.24, 2.45) is 0 Å². The molecular weight excluding hydrogens is 434 g/mol. The molecule has 7 nitrogen and oxygen atoms in total. The molecule has 168 valence electrons. The molecule has 0 aromatic heterocycles. The number of amides is 1. The number of Topliss-reactive ketones (excluding diaryl/α,β-unsaturated/α-hetero) is 1. The molecule has 2 heterocycles. The quantitative estimate of drug-likeness (QED) is 0.401. The van der Waals surface area contributed by atoms with Gasteiger partial charge < -0.3 is 24.2 Å². The second-order valence-corrected chi connectivity index (χ2v) is 8.14. The van der Waals surface area contributed by atoms with E-state index in [0.29, 0.717) is 34.3 Å². The molecule has 0 spiro atoms. The number of hydrogen-bond donors (Lipinski definition) is 1. The molecule has 0 radical (unpaired) electrons. The topological polar surface area (TPSA) is 85.3 Å². The van der Waals surface area contributed by atoms with Crippen molar-refractivity contribution >= 4 is 29.1 Å². The van der Waals surface area contributed by atoms with Gasteiger partial charge in [-0.15, -0.1) is 0 Å². The van der Waals surface area contributed by atoms with Crippen LogP contribution in [0.3, 0.4) is 0 Å². The van der Waals surface area contributed by atoms with E-state index in [0.717, 1.165) is 12.8 Å². The molecule has 1 N–H and O–H groups in total. The summed E-state index contributed by atoms with van der Waals surface area (Å²) in [5.41, 5.74) is 1.04. The van der Waals surface area contributed by atoms with Crippen molar-refractivity contribution < 1.29 is 28.9 Å². The van der Waals surface area contributed by atoms with Gasteiger partial charge in [-0.3, -0.25) is 9.59 Å². The molecule has 2 atom stereocenters. The van der Waals surface area contributed by atoms with Crippen molar-refractivity contribution in [3.05, 3.63) is 64.2 Å². The molecule has 0 bridgehead atoms. The summed E-state index contributed by atoms with van der Waals surface area (Å²) in [6.45, 7) is 0.895. The third kappa shape index (κ3) is 4.06. The average molecular weight is 458 g/mol. The Labute approximate surface area is 191 Å². The smallest absolute Gasteiger partial charge is 0.295 e. The monoisotopic (exact) mass is 457 g/mol. The maximum Gasteiger partial charge on any atom is 0.295 e. The molecule has 32 heavy (non-hydrogen) atoms. The van der Waals surface area contributed by atoms with E-state index in [-0.39, 0.29) is 24.0 Å². The van der Waals surface area contributed by atoms with Gasteiger partial charge in [0.25, 0.3) is 11.7 Å². The number of carbonyl (C=O) groups excluding carboxylic acids is 2. The summed E-state index contributed by atoms with van der Waals surface area (Å²) in [6.07, 6.45) is 1.57. The van der Waals surface area contributed by atoms with Crippen LogP contribution in [0.25, 0.3) is 5.76 Å². The fourth-order valence-electron chi connectivity index (χ4n) is 4.21. The molecule has 8 heteroatoms. The minimum atomic E-state index is -0.760. The van der Waals surface area contributed by atoms with Gasteiger partial charge in [0.15, 0.2) is 11.5 Å². The Balaban J connectivity index is 1.83. The normalized spacial score (nSPS) is 22.4. The van der Waals surface area contributed by atoms with Crippen LogP contribution in [-0.2, 0) is 14.3 Å². The first-order valence-corrected chi connectivity index (χ1v) is 10.7. The number of nitrogens with zero attached hydrogens (tertiary/aromatic N) is 1. The second kappa shape index (κ2) is 9.22. The van der Waals surface area contributed by atoms with Gasteiger partial charge in [-0.2, -0.15) is 0 Å². The summed E-state index contributed by atoms with van der Waals surface area (Å²) in [5.74, 6) is -0.804. The van der Waals surface area contributed by atoms with Gasteiger partial charge in [-0.1, -0.05) is 23.7 Å². The van der Waals surface area contributed by atoms with Crippen molar-refractivity contribution in [2.75, 3.05) is 27.4 Å². The Hall–Kier alpha value is -3.03. The van der Waals surface area contributed by atoms with Crippen LogP contribution in [-0.4, -0.2) is 55.2 Å². The molecule has 2 aromatic carbocycles. The fourth-order valence-corrected chi connectivity index (χ4v) is 4.33. The van der Waals surface area contributed by atoms with Crippen LogP contribution in [0.5, 0.6) is 11.5 Å². The van der Waals surface area contributed by atoms with Crippen molar-refractivity contribution in [2.45, 2.75) is 25.0 Å². The largest absolute Gasteiger partial charge is 0.507 e. The van der Waals surface area contributed by atoms with E-state index in [2.05, 4.69) is 0 Å². The molecule has 4 rings (SSSR count). The van der Waals surface area contributed by atoms with Gasteiger partial charge >= 0.3 is 0 Å². The standard InChI is InChI=1S/C24H24ClNO6/c1-30-18-10-7-15(12-19(18)31-2)22(27)20-21(14-5-8-16(25)9-6-14)26(24(29)23(20)28)13-17-4-3-11-32-17/h5-10,12,17,21,27H,3-4,11,13H2,1-2H3/b22-20-. The summed E-state index contributed by atoms with van der Waals surface area (Å²) in [6, 6.07) is 11.0. The van der Waals surface area contributed by atoms with Crippen LogP contribution in [0.4, 0.5) is 0 Å². The van der Waals surface area contributed by atoms with Crippen LogP contribution in [0.2, 0.25) is 5.02 Å². The van der Waals surface area contributed by atoms with Crippen molar-refractivity contribution in [3.63, 3.8) is 0 Å². The Morgan fingerprint density at radius 1 is 1.12 bits per heavy atom. The molecular formula is C24H24ClNO6. The maximum atomic E-state index is 13.1. The molecule has 0 aliphatic carbocycles. The highest BCUT2D eigenvalue weighted by Gasteiger charge is 2.47. The SMILES string of the molecule is COc1ccc(/C(O)=C2/C(=O)C(=O)N(CC3CCCO3)C2c2ccc(Cl)cc2)cc1OC. The third-order valence-electron chi connectivity index (χ3n) is 5.81. The molecule has 1 amide bonds. The number of carbonyl (C=O) groups is 2. The molecule has 0 saturated carbocycles. The van der Waals surface area contributed by atoms with Gasteiger partial charge in [0.2, 0.25) is 0 Å². The van der Waals surface area contributed by atoms with Crippen LogP contribution in [0.1, 0.15) is 30.0 Å². The van der Waals surface area contributed by atoms with E-state index in [1.807, 2.05) is 0 Å². The number of benzene rings is 2. The molecule has 2 aliphatic rings. The number of aliphatic hydroxyl groups excluding tert-OH is 1. The minimum Gasteiger partial charge on any atom is -0.507 e. The maximum absolute atomic E-state index is 13.1. The lowest BCUT2D eigenvalue weighted by molar-refractivity contribution is -0.140. The first-order chi connectivity index (χ1) is 15.4. The van der Waals surface area contributed by atoms with E-state index < -0.39 is 17.7 Å². The predicted molar refractivity (Wildman–Crippen MR) is 119 cm³/mol. The first-order valence-electron chi connectivity index (χ1n) is 10.3. The summed E-state index contributed by atoms with van der Waals surface area (Å²) in [4.78, 5) is 27.6. The summed E-state index contributed by atoms with van der Waals surface area (Å²) in [7, 11) is 2.99. The number of ketones is 1. The van der Waals surface area contributed by atoms with Gasteiger partial charge in [-0.25, -0.2) is 0 Å². The van der Waals surface area contributed by atoms with Crippen molar-refractivity contribution in [1.29, 1.82) is 0 Å². The van der Waals surface area contributed by atoms with E-state index in [9.17, 15) is 14.7 Å². The number of halogens is 1. The zero-order valence-corrected chi connectivity index (χ0v) is 18.6. The molecule has 2 fully saturated rings. The Morgan fingerprint density at radius 3 is 2.47 bits per heavy atom. The number of methoxy groups -OCH3 is 2. The average Bonchev–Trinajstić information content (AvgIpc) is 3.41. The predicted octanol–water partition coefficient (Wildman–Crippen LogP) is 3.96. The lowest BCUT2D eigenvalue weighted by atomic mass is 9.95. The van der Waals surface area contributed by atoms with Crippen molar-refractivity contribution in [1.82, 2.24) is 4.90 Å². The third-order valence-corrected chi connectivity index (χ3v) is 6.06. The molecule has 2 saturated heterocycles. The molecule has 2 aromatic rings. The summed E-state index contributed by atoms with van der Waals surface area (Å²) < 4.78 is 16.3. The van der Waals surface area contributed by atoms with E-state index in [4.69, 9.17) is 25.8 Å². The minimum absolute atomic E-state index is 0.0162. The Bertz CT molecular complexity index is 1060. The number of likely N-dealkylation sites (tertiary alicyclic amines) is 1. The van der Waals surface area contributed by atoms with E-state index >= 15 is 0 Å². The van der Waals surface area contributed by atoms with Gasteiger partial charge in [0.05, 0.1) is 31.9 Å². The van der Waals surface area contributed by atoms with Gasteiger partial charge in [-0.05, 0) is 48.7 Å². The van der Waals surface area contributed by atoms with E-state index in [1.54, 1.807) is 42.5 Å². The zero-order chi connectivity index (χ0) is 22.8. The molecule has 2 aliphatic heterocycles. The highest BCUT2D eigenvalue weighted by Crippen LogP contribution is 2.41. The van der Waals surface area contributed by atoms with E-state index in [1.165, 1.54) is 19.1 Å². The first kappa shape index (κ1) is 22.2.